The van der Waals surface area contributed by atoms with Crippen molar-refractivity contribution in [3.8, 4) is 0 Å². The summed E-state index contributed by atoms with van der Waals surface area (Å²) >= 11 is 0. The third-order valence-corrected chi connectivity index (χ3v) is 5.70. The molecule has 134 valence electrons. The Morgan fingerprint density at radius 2 is 1.55 bits per heavy atom. The lowest BCUT2D eigenvalue weighted by Gasteiger charge is -2.36. The summed E-state index contributed by atoms with van der Waals surface area (Å²) in [4.78, 5) is 0. The number of unbranched alkanes of at least 4 members (excludes halogenated alkanes) is 1. The third kappa shape index (κ3) is 7.93. The molecule has 0 aromatic rings. The molecule has 0 aromatic carbocycles. The van der Waals surface area contributed by atoms with Crippen LogP contribution in [-0.4, -0.2) is 18.6 Å². The van der Waals surface area contributed by atoms with Crippen molar-refractivity contribution in [1.82, 2.24) is 0 Å². The van der Waals surface area contributed by atoms with E-state index in [0.29, 0.717) is 12.8 Å². The van der Waals surface area contributed by atoms with Gasteiger partial charge in [0.15, 0.2) is 0 Å². The molecule has 4 nitrogen and oxygen atoms in total. The number of hydrogen-bond donors (Lipinski definition) is 1. The van der Waals surface area contributed by atoms with Gasteiger partial charge < -0.3 is 0 Å². The minimum Gasteiger partial charge on any atom is -0.264 e. The monoisotopic (exact) mass is 336 g/mol. The average molecular weight is 337 g/mol. The zero-order chi connectivity index (χ0) is 17.2. The van der Waals surface area contributed by atoms with Gasteiger partial charge in [0.2, 0.25) is 0 Å². The van der Waals surface area contributed by atoms with Crippen LogP contribution in [0.4, 0.5) is 0 Å². The Balaban J connectivity index is 4.55. The smallest absolute Gasteiger partial charge is 0.264 e. The lowest BCUT2D eigenvalue weighted by Crippen LogP contribution is -2.40. The Labute approximate surface area is 138 Å². The van der Waals surface area contributed by atoms with E-state index in [2.05, 4.69) is 13.8 Å². The summed E-state index contributed by atoms with van der Waals surface area (Å²) in [6.07, 6.45) is 9.39. The third-order valence-electron chi connectivity index (χ3n) is 5.16. The van der Waals surface area contributed by atoms with Crippen molar-refractivity contribution in [2.45, 2.75) is 98.0 Å². The second-order valence-electron chi connectivity index (χ2n) is 6.53. The van der Waals surface area contributed by atoms with E-state index in [9.17, 15) is 8.42 Å². The maximum absolute atomic E-state index is 11.1. The largest absolute Gasteiger partial charge is 0.397 e. The van der Waals surface area contributed by atoms with Crippen LogP contribution in [0.1, 0.15) is 92.4 Å². The van der Waals surface area contributed by atoms with Gasteiger partial charge in [0.1, 0.15) is 0 Å². The molecule has 1 N–H and O–H groups in total. The maximum atomic E-state index is 11.1. The van der Waals surface area contributed by atoms with Gasteiger partial charge in [0, 0.05) is 0 Å². The minimum absolute atomic E-state index is 0.105. The second kappa shape index (κ2) is 10.6. The molecule has 0 fully saturated rings. The number of hydrogen-bond acceptors (Lipinski definition) is 3. The summed E-state index contributed by atoms with van der Waals surface area (Å²) in [7, 11) is -4.41. The van der Waals surface area contributed by atoms with Crippen molar-refractivity contribution in [1.29, 1.82) is 0 Å². The van der Waals surface area contributed by atoms with Crippen LogP contribution in [0.5, 0.6) is 0 Å². The quantitative estimate of drug-likeness (QED) is 0.458. The molecular formula is C17H36O4S. The predicted octanol–water partition coefficient (Wildman–Crippen LogP) is 5.39. The van der Waals surface area contributed by atoms with E-state index < -0.39 is 16.0 Å². The summed E-state index contributed by atoms with van der Waals surface area (Å²) in [5.41, 5.74) is -0.779. The van der Waals surface area contributed by atoms with Crippen molar-refractivity contribution in [3.63, 3.8) is 0 Å². The van der Waals surface area contributed by atoms with Crippen molar-refractivity contribution >= 4 is 10.4 Å². The molecule has 0 rings (SSSR count). The zero-order valence-corrected chi connectivity index (χ0v) is 15.9. The molecule has 0 aliphatic heterocycles. The fraction of sp³-hybridized carbons (Fsp3) is 1.00. The lowest BCUT2D eigenvalue weighted by molar-refractivity contribution is -0.00115. The van der Waals surface area contributed by atoms with E-state index in [4.69, 9.17) is 8.74 Å². The topological polar surface area (TPSA) is 63.6 Å². The van der Waals surface area contributed by atoms with Crippen molar-refractivity contribution < 1.29 is 17.2 Å². The van der Waals surface area contributed by atoms with Gasteiger partial charge >= 0.3 is 10.4 Å². The summed E-state index contributed by atoms with van der Waals surface area (Å²) < 4.78 is 36.4. The van der Waals surface area contributed by atoms with Crippen LogP contribution in [0.25, 0.3) is 0 Å². The van der Waals surface area contributed by atoms with Gasteiger partial charge in [-0.25, -0.2) is 4.18 Å². The Kier molecular flexibility index (Phi) is 10.5. The highest BCUT2D eigenvalue weighted by molar-refractivity contribution is 7.80. The molecule has 0 amide bonds. The Morgan fingerprint density at radius 3 is 1.95 bits per heavy atom. The van der Waals surface area contributed by atoms with E-state index in [0.717, 1.165) is 18.8 Å². The highest BCUT2D eigenvalue weighted by atomic mass is 32.3. The molecule has 5 heteroatoms. The van der Waals surface area contributed by atoms with Crippen LogP contribution in [0.15, 0.2) is 0 Å². The first-order chi connectivity index (χ1) is 10.2. The fourth-order valence-corrected chi connectivity index (χ4v) is 4.20. The number of rotatable bonds is 13. The van der Waals surface area contributed by atoms with Gasteiger partial charge in [-0.15, -0.1) is 0 Å². The summed E-state index contributed by atoms with van der Waals surface area (Å²) in [5, 5.41) is 0. The molecule has 0 saturated carbocycles. The summed E-state index contributed by atoms with van der Waals surface area (Å²) in [6.45, 7) is 10.3. The Morgan fingerprint density at radius 1 is 1.00 bits per heavy atom. The van der Waals surface area contributed by atoms with E-state index in [1.807, 2.05) is 20.8 Å². The zero-order valence-electron chi connectivity index (χ0n) is 15.1. The van der Waals surface area contributed by atoms with Crippen molar-refractivity contribution in [2.24, 2.45) is 11.8 Å². The van der Waals surface area contributed by atoms with Crippen molar-refractivity contribution in [2.75, 3.05) is 0 Å². The minimum atomic E-state index is -4.41. The molecule has 0 spiro atoms. The molecule has 0 heterocycles. The Hall–Kier alpha value is -0.130. The van der Waals surface area contributed by atoms with Crippen LogP contribution in [0.2, 0.25) is 0 Å². The molecule has 22 heavy (non-hydrogen) atoms. The van der Waals surface area contributed by atoms with Crippen LogP contribution in [0, 0.1) is 11.8 Å². The molecule has 2 atom stereocenters. The van der Waals surface area contributed by atoms with E-state index in [-0.39, 0.29) is 5.92 Å². The van der Waals surface area contributed by atoms with Crippen LogP contribution in [-0.2, 0) is 14.6 Å². The van der Waals surface area contributed by atoms with Gasteiger partial charge in [-0.1, -0.05) is 73.1 Å². The molecule has 0 bridgehead atoms. The van der Waals surface area contributed by atoms with Crippen LogP contribution in [0.3, 0.4) is 0 Å². The van der Waals surface area contributed by atoms with Gasteiger partial charge in [-0.2, -0.15) is 8.42 Å². The van der Waals surface area contributed by atoms with Crippen molar-refractivity contribution in [3.05, 3.63) is 0 Å². The first kappa shape index (κ1) is 21.9. The molecule has 2 unspecified atom stereocenters. The second-order valence-corrected chi connectivity index (χ2v) is 7.55. The average Bonchev–Trinajstić information content (AvgIpc) is 2.47. The van der Waals surface area contributed by atoms with Crippen LogP contribution < -0.4 is 0 Å². The Bertz CT molecular complexity index is 374. The van der Waals surface area contributed by atoms with Gasteiger partial charge in [0.05, 0.1) is 5.60 Å². The normalized spacial score (nSPS) is 15.7. The van der Waals surface area contributed by atoms with E-state index in [1.165, 1.54) is 32.1 Å². The molecule has 0 aliphatic rings. The molecule has 0 radical (unpaired) electrons. The highest BCUT2D eigenvalue weighted by Gasteiger charge is 2.37. The van der Waals surface area contributed by atoms with E-state index in [1.54, 1.807) is 0 Å². The SMILES string of the molecule is CCCCC(CC)CCCC(C)C(CC)(CC)OS(=O)(=O)O. The fourth-order valence-electron chi connectivity index (χ4n) is 3.38. The predicted molar refractivity (Wildman–Crippen MR) is 92.3 cm³/mol. The standard InChI is InChI=1S/C17H36O4S/c1-6-10-13-16(7-2)14-11-12-15(5)17(8-3,9-4)21-22(18,19)20/h15-16H,6-14H2,1-5H3,(H,18,19,20). The van der Waals surface area contributed by atoms with Gasteiger partial charge in [-0.3, -0.25) is 4.55 Å². The highest BCUT2D eigenvalue weighted by Crippen LogP contribution is 2.35. The van der Waals surface area contributed by atoms with Gasteiger partial charge in [0.25, 0.3) is 0 Å². The maximum Gasteiger partial charge on any atom is 0.397 e. The molecular weight excluding hydrogens is 300 g/mol. The molecule has 0 saturated heterocycles. The van der Waals surface area contributed by atoms with Crippen LogP contribution >= 0.6 is 0 Å². The summed E-state index contributed by atoms with van der Waals surface area (Å²) in [6, 6.07) is 0. The summed E-state index contributed by atoms with van der Waals surface area (Å²) in [5.74, 6) is 0.875. The van der Waals surface area contributed by atoms with E-state index >= 15 is 0 Å². The van der Waals surface area contributed by atoms with Gasteiger partial charge in [-0.05, 0) is 31.1 Å². The first-order valence-electron chi connectivity index (χ1n) is 8.92. The molecule has 0 aromatic heterocycles. The lowest BCUT2D eigenvalue weighted by atomic mass is 9.80. The molecule has 0 aliphatic carbocycles. The first-order valence-corrected chi connectivity index (χ1v) is 10.3.